The van der Waals surface area contributed by atoms with Crippen molar-refractivity contribution in [2.75, 3.05) is 5.32 Å². The van der Waals surface area contributed by atoms with Gasteiger partial charge in [-0.25, -0.2) is 13.8 Å². The molecule has 0 fully saturated rings. The number of halogens is 5. The van der Waals surface area contributed by atoms with Crippen molar-refractivity contribution in [1.29, 1.82) is 0 Å². The van der Waals surface area contributed by atoms with Crippen LogP contribution >= 0.6 is 0 Å². The molecule has 1 unspecified atom stereocenters. The van der Waals surface area contributed by atoms with Gasteiger partial charge in [-0.3, -0.25) is 9.59 Å². The molecule has 3 rings (SSSR count). The van der Waals surface area contributed by atoms with Gasteiger partial charge in [0.1, 0.15) is 17.7 Å². The SMILES string of the molecule is Cc1cc(C2=NN(C(C)C(=O)Nc3ccc(F)c(C(F)(F)F)c3)C(=O)CC2)ccc1F. The van der Waals surface area contributed by atoms with Crippen molar-refractivity contribution in [1.82, 2.24) is 5.01 Å². The van der Waals surface area contributed by atoms with Gasteiger partial charge in [-0.1, -0.05) is 6.07 Å². The molecule has 2 amide bonds. The van der Waals surface area contributed by atoms with Crippen molar-refractivity contribution in [2.24, 2.45) is 5.10 Å². The van der Waals surface area contributed by atoms with Crippen LogP contribution in [-0.2, 0) is 15.8 Å². The number of benzene rings is 2. The highest BCUT2D eigenvalue weighted by Gasteiger charge is 2.35. The lowest BCUT2D eigenvalue weighted by Gasteiger charge is -2.28. The molecule has 2 aromatic rings. The Balaban J connectivity index is 1.82. The maximum atomic E-state index is 13.5. The number of hydrogen-bond acceptors (Lipinski definition) is 3. The third kappa shape index (κ3) is 4.89. The minimum atomic E-state index is -4.92. The van der Waals surface area contributed by atoms with Gasteiger partial charge in [0.05, 0.1) is 11.3 Å². The predicted octanol–water partition coefficient (Wildman–Crippen LogP) is 4.65. The number of hydrazone groups is 1. The molecule has 1 aliphatic rings. The Morgan fingerprint density at radius 2 is 1.77 bits per heavy atom. The lowest BCUT2D eigenvalue weighted by Crippen LogP contribution is -2.45. The highest BCUT2D eigenvalue weighted by Crippen LogP contribution is 2.33. The zero-order chi connectivity index (χ0) is 22.9. The average Bonchev–Trinajstić information content (AvgIpc) is 2.70. The number of carbonyl (C=O) groups is 2. The topological polar surface area (TPSA) is 61.8 Å². The highest BCUT2D eigenvalue weighted by molar-refractivity contribution is 6.05. The Hall–Kier alpha value is -3.30. The van der Waals surface area contributed by atoms with E-state index in [1.54, 1.807) is 13.0 Å². The largest absolute Gasteiger partial charge is 0.419 e. The molecule has 0 aliphatic carbocycles. The fourth-order valence-corrected chi connectivity index (χ4v) is 3.08. The summed E-state index contributed by atoms with van der Waals surface area (Å²) in [4.78, 5) is 24.8. The summed E-state index contributed by atoms with van der Waals surface area (Å²) in [6, 6.07) is 5.28. The minimum absolute atomic E-state index is 0.0572. The third-order valence-electron chi connectivity index (χ3n) is 4.84. The van der Waals surface area contributed by atoms with E-state index in [2.05, 4.69) is 10.4 Å². The van der Waals surface area contributed by atoms with Gasteiger partial charge in [0.2, 0.25) is 11.8 Å². The normalized spacial score (nSPS) is 15.5. The first-order valence-electron chi connectivity index (χ1n) is 9.31. The molecule has 1 atom stereocenters. The summed E-state index contributed by atoms with van der Waals surface area (Å²) < 4.78 is 65.6. The molecule has 164 valence electrons. The molecule has 1 aliphatic heterocycles. The van der Waals surface area contributed by atoms with Crippen molar-refractivity contribution in [2.45, 2.75) is 38.9 Å². The third-order valence-corrected chi connectivity index (χ3v) is 4.84. The Kier molecular flexibility index (Phi) is 6.10. The molecule has 0 bridgehead atoms. The number of amides is 2. The summed E-state index contributed by atoms with van der Waals surface area (Å²) in [5, 5.41) is 7.41. The zero-order valence-corrected chi connectivity index (χ0v) is 16.6. The Bertz CT molecular complexity index is 1070. The second-order valence-corrected chi connectivity index (χ2v) is 7.11. The van der Waals surface area contributed by atoms with Gasteiger partial charge in [0.25, 0.3) is 0 Å². The summed E-state index contributed by atoms with van der Waals surface area (Å²) in [5.74, 6) is -3.10. The van der Waals surface area contributed by atoms with Crippen LogP contribution in [0, 0.1) is 18.6 Å². The van der Waals surface area contributed by atoms with Crippen molar-refractivity contribution >= 4 is 23.2 Å². The first-order valence-corrected chi connectivity index (χ1v) is 9.31. The zero-order valence-electron chi connectivity index (χ0n) is 16.6. The molecule has 5 nitrogen and oxygen atoms in total. The van der Waals surface area contributed by atoms with Gasteiger partial charge in [-0.05, 0) is 55.3 Å². The molecule has 0 aromatic heterocycles. The first-order chi connectivity index (χ1) is 14.5. The second-order valence-electron chi connectivity index (χ2n) is 7.11. The van der Waals surface area contributed by atoms with Crippen molar-refractivity contribution in [3.63, 3.8) is 0 Å². The van der Waals surface area contributed by atoms with Gasteiger partial charge >= 0.3 is 6.18 Å². The van der Waals surface area contributed by atoms with Crippen LogP contribution in [0.25, 0.3) is 0 Å². The van der Waals surface area contributed by atoms with Gasteiger partial charge < -0.3 is 5.32 Å². The number of anilines is 1. The number of rotatable bonds is 4. The van der Waals surface area contributed by atoms with Crippen molar-refractivity contribution in [3.8, 4) is 0 Å². The van der Waals surface area contributed by atoms with Crippen LogP contribution in [0.3, 0.4) is 0 Å². The fraction of sp³-hybridized carbons (Fsp3) is 0.286. The summed E-state index contributed by atoms with van der Waals surface area (Å²) in [6.07, 6.45) is -4.57. The smallest absolute Gasteiger partial charge is 0.324 e. The minimum Gasteiger partial charge on any atom is -0.324 e. The van der Waals surface area contributed by atoms with Gasteiger partial charge in [0.15, 0.2) is 0 Å². The van der Waals surface area contributed by atoms with E-state index in [0.29, 0.717) is 35.4 Å². The van der Waals surface area contributed by atoms with Crippen LogP contribution in [0.15, 0.2) is 41.5 Å². The molecule has 2 aromatic carbocycles. The predicted molar refractivity (Wildman–Crippen MR) is 103 cm³/mol. The molecular formula is C21H18F5N3O2. The standard InChI is InChI=1S/C21H18F5N3O2/c1-11-9-13(3-5-16(11)22)18-7-8-19(30)29(28-18)12(2)20(31)27-14-4-6-17(23)15(10-14)21(24,25)26/h3-6,9-10,12H,7-8H2,1-2H3,(H,27,31). The van der Waals surface area contributed by atoms with Crippen LogP contribution < -0.4 is 5.32 Å². The van der Waals surface area contributed by atoms with E-state index in [0.717, 1.165) is 11.1 Å². The Morgan fingerprint density at radius 1 is 1.10 bits per heavy atom. The lowest BCUT2D eigenvalue weighted by molar-refractivity contribution is -0.140. The summed E-state index contributed by atoms with van der Waals surface area (Å²) in [5.41, 5.74) is -0.320. The fourth-order valence-electron chi connectivity index (χ4n) is 3.08. The summed E-state index contributed by atoms with van der Waals surface area (Å²) in [7, 11) is 0. The van der Waals surface area contributed by atoms with E-state index < -0.39 is 41.2 Å². The van der Waals surface area contributed by atoms with Crippen LogP contribution in [0.4, 0.5) is 27.6 Å². The van der Waals surface area contributed by atoms with Crippen LogP contribution in [0.5, 0.6) is 0 Å². The number of hydrogen-bond donors (Lipinski definition) is 1. The van der Waals surface area contributed by atoms with Gasteiger partial charge in [0, 0.05) is 18.5 Å². The highest BCUT2D eigenvalue weighted by atomic mass is 19.4. The van der Waals surface area contributed by atoms with Gasteiger partial charge in [-0.15, -0.1) is 0 Å². The van der Waals surface area contributed by atoms with Crippen LogP contribution in [0.1, 0.15) is 36.5 Å². The van der Waals surface area contributed by atoms with E-state index in [1.807, 2.05) is 0 Å². The Morgan fingerprint density at radius 3 is 2.42 bits per heavy atom. The molecular weight excluding hydrogens is 421 g/mol. The molecule has 10 heteroatoms. The maximum absolute atomic E-state index is 13.5. The molecule has 0 radical (unpaired) electrons. The number of alkyl halides is 3. The van der Waals surface area contributed by atoms with E-state index in [9.17, 15) is 31.5 Å². The summed E-state index contributed by atoms with van der Waals surface area (Å²) in [6.45, 7) is 2.95. The average molecular weight is 439 g/mol. The second kappa shape index (κ2) is 8.44. The molecule has 1 heterocycles. The lowest BCUT2D eigenvalue weighted by atomic mass is 10.0. The van der Waals surface area contributed by atoms with Crippen LogP contribution in [0.2, 0.25) is 0 Å². The molecule has 0 spiro atoms. The number of carbonyl (C=O) groups excluding carboxylic acids is 2. The monoisotopic (exact) mass is 439 g/mol. The first kappa shape index (κ1) is 22.4. The Labute approximate surface area is 174 Å². The maximum Gasteiger partial charge on any atom is 0.419 e. The van der Waals surface area contributed by atoms with Crippen molar-refractivity contribution in [3.05, 3.63) is 64.7 Å². The molecule has 31 heavy (non-hydrogen) atoms. The van der Waals surface area contributed by atoms with E-state index in [-0.39, 0.29) is 12.1 Å². The number of nitrogens with one attached hydrogen (secondary N) is 1. The van der Waals surface area contributed by atoms with Gasteiger partial charge in [-0.2, -0.15) is 18.3 Å². The quantitative estimate of drug-likeness (QED) is 0.706. The molecule has 0 saturated carbocycles. The summed E-state index contributed by atoms with van der Waals surface area (Å²) >= 11 is 0. The molecule has 1 N–H and O–H groups in total. The van der Waals surface area contributed by atoms with E-state index in [1.165, 1.54) is 19.1 Å². The van der Waals surface area contributed by atoms with E-state index >= 15 is 0 Å². The number of nitrogens with zero attached hydrogens (tertiary/aromatic N) is 2. The number of aryl methyl sites for hydroxylation is 1. The van der Waals surface area contributed by atoms with Crippen molar-refractivity contribution < 1.29 is 31.5 Å². The van der Waals surface area contributed by atoms with Crippen LogP contribution in [-0.4, -0.2) is 28.6 Å². The molecule has 0 saturated heterocycles. The van der Waals surface area contributed by atoms with E-state index in [4.69, 9.17) is 0 Å².